The lowest BCUT2D eigenvalue weighted by molar-refractivity contribution is -0.138. The number of hydrogen-bond donors (Lipinski definition) is 0. The first-order chi connectivity index (χ1) is 22.1. The molecule has 1 amide bonds. The first-order valence-electron chi connectivity index (χ1n) is 17.0. The average Bonchev–Trinajstić information content (AvgIpc) is 3.84. The van der Waals surface area contributed by atoms with Gasteiger partial charge in [-0.1, -0.05) is 19.1 Å². The van der Waals surface area contributed by atoms with Crippen LogP contribution in [0.1, 0.15) is 56.2 Å². The quantitative estimate of drug-likeness (QED) is 0.297. The fourth-order valence-electron chi connectivity index (χ4n) is 7.94. The lowest BCUT2D eigenvalue weighted by Gasteiger charge is -2.42. The molecular weight excluding hydrogens is 584 g/mol. The second-order valence-electron chi connectivity index (χ2n) is 13.1. The maximum absolute atomic E-state index is 13.5. The van der Waals surface area contributed by atoms with Gasteiger partial charge in [-0.25, -0.2) is 9.97 Å². The molecule has 8 rings (SSSR count). The van der Waals surface area contributed by atoms with Crippen molar-refractivity contribution in [3.63, 3.8) is 0 Å². The van der Waals surface area contributed by atoms with Crippen LogP contribution in [0.4, 0.5) is 5.82 Å². The fourth-order valence-corrected chi connectivity index (χ4v) is 9.07. The molecule has 1 aromatic carbocycles. The predicted octanol–water partition coefficient (Wildman–Crippen LogP) is 4.48. The first-order valence-corrected chi connectivity index (χ1v) is 17.8. The van der Waals surface area contributed by atoms with E-state index in [4.69, 9.17) is 19.7 Å². The number of nitrogens with zero attached hydrogens (tertiary/aromatic N) is 8. The molecule has 4 aromatic rings. The maximum Gasteiger partial charge on any atom is 0.238 e. The van der Waals surface area contributed by atoms with E-state index in [1.807, 2.05) is 18.2 Å². The number of piperazine rings is 1. The summed E-state index contributed by atoms with van der Waals surface area (Å²) in [4.78, 5) is 39.4. The van der Waals surface area contributed by atoms with E-state index >= 15 is 0 Å². The van der Waals surface area contributed by atoms with Crippen LogP contribution in [0, 0.1) is 0 Å². The molecule has 0 atom stereocenters. The Hall–Kier alpha value is -3.12. The van der Waals surface area contributed by atoms with Crippen LogP contribution >= 0.6 is 11.3 Å². The van der Waals surface area contributed by atoms with Crippen LogP contribution in [0.15, 0.2) is 30.3 Å². The second-order valence-corrected chi connectivity index (χ2v) is 14.2. The van der Waals surface area contributed by atoms with Gasteiger partial charge in [0.1, 0.15) is 5.82 Å². The number of aromatic nitrogens is 4. The Balaban J connectivity index is 1.02. The van der Waals surface area contributed by atoms with Gasteiger partial charge >= 0.3 is 0 Å². The predicted molar refractivity (Wildman–Crippen MR) is 178 cm³/mol. The minimum absolute atomic E-state index is 0.248. The molecule has 0 unspecified atom stereocenters. The molecule has 10 nitrogen and oxygen atoms in total. The summed E-state index contributed by atoms with van der Waals surface area (Å²) in [5, 5.41) is 0. The number of carbonyl (C=O) groups excluding carboxylic acids is 1. The van der Waals surface area contributed by atoms with Crippen molar-refractivity contribution in [1.29, 1.82) is 0 Å². The number of likely N-dealkylation sites (tertiary alicyclic amines) is 1. The van der Waals surface area contributed by atoms with Crippen LogP contribution in [0.3, 0.4) is 0 Å². The van der Waals surface area contributed by atoms with Crippen molar-refractivity contribution < 1.29 is 9.53 Å². The minimum atomic E-state index is 0.248. The Morgan fingerprint density at radius 2 is 1.62 bits per heavy atom. The number of thiophene rings is 1. The molecule has 0 radical (unpaired) electrons. The normalized spacial score (nSPS) is 24.0. The van der Waals surface area contributed by atoms with Crippen molar-refractivity contribution in [2.45, 2.75) is 70.5 Å². The van der Waals surface area contributed by atoms with Gasteiger partial charge in [0, 0.05) is 49.6 Å². The summed E-state index contributed by atoms with van der Waals surface area (Å²) >= 11 is 1.73. The van der Waals surface area contributed by atoms with Crippen LogP contribution in [0.5, 0.6) is 0 Å². The number of ether oxygens (including phenoxy) is 1. The SMILES string of the molecule is CCc1nc2ccccc2n1-c1nc(N2CCOCC2)c2sc(CN3CCN(C4CCC(N5CCCC5)CC4)CC3=O)cc2n1. The maximum atomic E-state index is 13.5. The number of fused-ring (bicyclic) bond motifs is 2. The highest BCUT2D eigenvalue weighted by Gasteiger charge is 2.34. The molecule has 1 aliphatic carbocycles. The summed E-state index contributed by atoms with van der Waals surface area (Å²) in [6.45, 7) is 10.6. The van der Waals surface area contributed by atoms with Crippen LogP contribution in [-0.4, -0.2) is 111 Å². The Bertz CT molecular complexity index is 1670. The number of imidazole rings is 1. The van der Waals surface area contributed by atoms with Gasteiger partial charge in [0.05, 0.1) is 47.6 Å². The number of anilines is 1. The van der Waals surface area contributed by atoms with Crippen LogP contribution < -0.4 is 4.90 Å². The molecule has 45 heavy (non-hydrogen) atoms. The van der Waals surface area contributed by atoms with E-state index in [1.165, 1.54) is 51.6 Å². The van der Waals surface area contributed by atoms with Crippen molar-refractivity contribution >= 4 is 44.3 Å². The topological polar surface area (TPSA) is 82.9 Å². The summed E-state index contributed by atoms with van der Waals surface area (Å²) < 4.78 is 8.87. The van der Waals surface area contributed by atoms with Crippen molar-refractivity contribution in [2.75, 3.05) is 63.9 Å². The Labute approximate surface area is 269 Å². The Morgan fingerprint density at radius 3 is 2.38 bits per heavy atom. The first kappa shape index (κ1) is 29.3. The van der Waals surface area contributed by atoms with Gasteiger partial charge in [0.15, 0.2) is 5.82 Å². The standard InChI is InChI=1S/C34H44N8O2S/c1-2-30-35-27-7-3-4-8-29(27)42(30)34-36-28-21-26(45-32(28)33(37-34)39-17-19-44-20-18-39)22-41-16-15-40(23-31(41)43)25-11-9-24(10-12-25)38-13-5-6-14-38/h3-4,7-8,21,24-25H,2,5-6,9-20,22-23H2,1H3. The van der Waals surface area contributed by atoms with Crippen molar-refractivity contribution in [2.24, 2.45) is 0 Å². The Morgan fingerprint density at radius 1 is 0.867 bits per heavy atom. The lowest BCUT2D eigenvalue weighted by Crippen LogP contribution is -2.54. The van der Waals surface area contributed by atoms with Gasteiger partial charge in [-0.15, -0.1) is 11.3 Å². The third kappa shape index (κ3) is 5.73. The van der Waals surface area contributed by atoms with Gasteiger partial charge in [-0.05, 0) is 69.8 Å². The fraction of sp³-hybridized carbons (Fsp3) is 0.588. The van der Waals surface area contributed by atoms with Crippen molar-refractivity contribution in [3.05, 3.63) is 41.0 Å². The van der Waals surface area contributed by atoms with E-state index in [-0.39, 0.29) is 5.91 Å². The summed E-state index contributed by atoms with van der Waals surface area (Å²) in [6.07, 6.45) is 8.52. The van der Waals surface area contributed by atoms with Gasteiger partial charge in [-0.3, -0.25) is 14.3 Å². The highest BCUT2D eigenvalue weighted by Crippen LogP contribution is 2.35. The zero-order valence-electron chi connectivity index (χ0n) is 26.4. The van der Waals surface area contributed by atoms with Crippen LogP contribution in [-0.2, 0) is 22.5 Å². The molecule has 238 valence electrons. The molecule has 11 heteroatoms. The second kappa shape index (κ2) is 12.6. The number of para-hydroxylation sites is 2. The number of morpholine rings is 1. The van der Waals surface area contributed by atoms with E-state index in [0.717, 1.165) is 76.4 Å². The molecule has 4 fully saturated rings. The van der Waals surface area contributed by atoms with Gasteiger partial charge in [0.2, 0.25) is 11.9 Å². The zero-order chi connectivity index (χ0) is 30.3. The summed E-state index contributed by atoms with van der Waals surface area (Å²) in [7, 11) is 0. The van der Waals surface area contributed by atoms with Gasteiger partial charge in [0.25, 0.3) is 0 Å². The molecule has 4 aliphatic rings. The van der Waals surface area contributed by atoms with Crippen LogP contribution in [0.2, 0.25) is 0 Å². The molecular formula is C34H44N8O2S. The Kier molecular flexibility index (Phi) is 8.19. The molecule has 3 saturated heterocycles. The van der Waals surface area contributed by atoms with Crippen molar-refractivity contribution in [1.82, 2.24) is 34.2 Å². The van der Waals surface area contributed by atoms with E-state index in [1.54, 1.807) is 11.3 Å². The molecule has 0 N–H and O–H groups in total. The number of rotatable bonds is 7. The summed E-state index contributed by atoms with van der Waals surface area (Å²) in [5.74, 6) is 2.81. The number of aryl methyl sites for hydroxylation is 1. The number of benzene rings is 1. The van der Waals surface area contributed by atoms with Crippen LogP contribution in [0.25, 0.3) is 27.2 Å². The average molecular weight is 629 g/mol. The minimum Gasteiger partial charge on any atom is -0.378 e. The number of carbonyl (C=O) groups is 1. The third-order valence-corrected chi connectivity index (χ3v) is 11.5. The monoisotopic (exact) mass is 628 g/mol. The molecule has 6 heterocycles. The van der Waals surface area contributed by atoms with E-state index in [0.29, 0.717) is 38.3 Å². The highest BCUT2D eigenvalue weighted by atomic mass is 32.1. The van der Waals surface area contributed by atoms with E-state index < -0.39 is 0 Å². The van der Waals surface area contributed by atoms with E-state index in [2.05, 4.69) is 43.2 Å². The lowest BCUT2D eigenvalue weighted by atomic mass is 9.89. The van der Waals surface area contributed by atoms with Gasteiger partial charge < -0.3 is 19.4 Å². The van der Waals surface area contributed by atoms with Crippen molar-refractivity contribution in [3.8, 4) is 5.95 Å². The third-order valence-electron chi connectivity index (χ3n) is 10.4. The summed E-state index contributed by atoms with van der Waals surface area (Å²) in [6, 6.07) is 11.7. The zero-order valence-corrected chi connectivity index (χ0v) is 27.2. The summed E-state index contributed by atoms with van der Waals surface area (Å²) in [5.41, 5.74) is 2.90. The molecule has 1 saturated carbocycles. The number of hydrogen-bond acceptors (Lipinski definition) is 9. The molecule has 3 aromatic heterocycles. The highest BCUT2D eigenvalue weighted by molar-refractivity contribution is 7.19. The number of amides is 1. The van der Waals surface area contributed by atoms with E-state index in [9.17, 15) is 4.79 Å². The smallest absolute Gasteiger partial charge is 0.238 e. The molecule has 0 bridgehead atoms. The molecule has 3 aliphatic heterocycles. The van der Waals surface area contributed by atoms with Gasteiger partial charge in [-0.2, -0.15) is 4.98 Å². The molecule has 0 spiro atoms. The largest absolute Gasteiger partial charge is 0.378 e.